The summed E-state index contributed by atoms with van der Waals surface area (Å²) in [7, 11) is 1.59. The van der Waals surface area contributed by atoms with E-state index in [0.717, 1.165) is 36.6 Å². The molecule has 5 nitrogen and oxygen atoms in total. The van der Waals surface area contributed by atoms with E-state index in [-0.39, 0.29) is 0 Å². The highest BCUT2D eigenvalue weighted by molar-refractivity contribution is 9.10. The van der Waals surface area contributed by atoms with Gasteiger partial charge in [0.05, 0.1) is 17.8 Å². The van der Waals surface area contributed by atoms with E-state index in [1.165, 1.54) is 12.8 Å². The third-order valence-corrected chi connectivity index (χ3v) is 3.25. The summed E-state index contributed by atoms with van der Waals surface area (Å²) in [6, 6.07) is 0. The van der Waals surface area contributed by atoms with Gasteiger partial charge < -0.3 is 14.8 Å². The third kappa shape index (κ3) is 4.42. The van der Waals surface area contributed by atoms with Crippen LogP contribution in [0.4, 0.5) is 5.95 Å². The molecule has 0 unspecified atom stereocenters. The Balaban J connectivity index is 1.62. The van der Waals surface area contributed by atoms with Crippen LogP contribution in [-0.2, 0) is 4.74 Å². The van der Waals surface area contributed by atoms with E-state index < -0.39 is 0 Å². The fourth-order valence-electron chi connectivity index (χ4n) is 1.49. The number of hydrogen-bond acceptors (Lipinski definition) is 5. The molecule has 1 aromatic heterocycles. The SMILES string of the molecule is COc1nc(NCCCOCC2CC2)ncc1Br. The maximum Gasteiger partial charge on any atom is 0.232 e. The Morgan fingerprint density at radius 2 is 2.33 bits per heavy atom. The molecular formula is C12H18BrN3O2. The van der Waals surface area contributed by atoms with Gasteiger partial charge in [-0.3, -0.25) is 0 Å². The Labute approximate surface area is 115 Å². The van der Waals surface area contributed by atoms with Crippen LogP contribution < -0.4 is 10.1 Å². The highest BCUT2D eigenvalue weighted by Gasteiger charge is 2.20. The number of nitrogens with one attached hydrogen (secondary N) is 1. The van der Waals surface area contributed by atoms with E-state index in [4.69, 9.17) is 9.47 Å². The van der Waals surface area contributed by atoms with Gasteiger partial charge in [0.25, 0.3) is 0 Å². The van der Waals surface area contributed by atoms with Gasteiger partial charge in [-0.05, 0) is 41.1 Å². The fraction of sp³-hybridized carbons (Fsp3) is 0.667. The maximum absolute atomic E-state index is 5.55. The molecule has 2 rings (SSSR count). The van der Waals surface area contributed by atoms with Crippen molar-refractivity contribution in [3.8, 4) is 5.88 Å². The minimum absolute atomic E-state index is 0.539. The number of anilines is 1. The van der Waals surface area contributed by atoms with Crippen LogP contribution in [0, 0.1) is 5.92 Å². The van der Waals surface area contributed by atoms with Gasteiger partial charge in [-0.15, -0.1) is 0 Å². The first-order valence-electron chi connectivity index (χ1n) is 6.17. The Morgan fingerprint density at radius 1 is 1.50 bits per heavy atom. The molecule has 0 saturated heterocycles. The Bertz CT molecular complexity index is 386. The van der Waals surface area contributed by atoms with E-state index in [2.05, 4.69) is 31.2 Å². The zero-order valence-electron chi connectivity index (χ0n) is 10.5. The van der Waals surface area contributed by atoms with Gasteiger partial charge in [0.1, 0.15) is 0 Å². The van der Waals surface area contributed by atoms with Crippen LogP contribution in [0.25, 0.3) is 0 Å². The van der Waals surface area contributed by atoms with Gasteiger partial charge in [-0.1, -0.05) is 0 Å². The van der Waals surface area contributed by atoms with E-state index in [0.29, 0.717) is 11.8 Å². The zero-order chi connectivity index (χ0) is 12.8. The molecule has 1 fully saturated rings. The summed E-state index contributed by atoms with van der Waals surface area (Å²) in [5, 5.41) is 3.15. The Hall–Kier alpha value is -0.880. The molecule has 0 aromatic carbocycles. The highest BCUT2D eigenvalue weighted by atomic mass is 79.9. The number of nitrogens with zero attached hydrogens (tertiary/aromatic N) is 2. The molecule has 1 heterocycles. The van der Waals surface area contributed by atoms with Crippen LogP contribution in [0.2, 0.25) is 0 Å². The summed E-state index contributed by atoms with van der Waals surface area (Å²) in [5.74, 6) is 1.95. The Kier molecular flexibility index (Phi) is 5.19. The first kappa shape index (κ1) is 13.5. The molecule has 1 aliphatic carbocycles. The summed E-state index contributed by atoms with van der Waals surface area (Å²) in [5.41, 5.74) is 0. The van der Waals surface area contributed by atoms with Gasteiger partial charge >= 0.3 is 0 Å². The first-order chi connectivity index (χ1) is 8.79. The molecule has 1 saturated carbocycles. The van der Waals surface area contributed by atoms with Crippen molar-refractivity contribution >= 4 is 21.9 Å². The van der Waals surface area contributed by atoms with E-state index in [1.807, 2.05) is 0 Å². The monoisotopic (exact) mass is 315 g/mol. The van der Waals surface area contributed by atoms with Crippen molar-refractivity contribution in [1.82, 2.24) is 9.97 Å². The summed E-state index contributed by atoms with van der Waals surface area (Å²) in [6.07, 6.45) is 5.31. The average Bonchev–Trinajstić information content (AvgIpc) is 3.19. The lowest BCUT2D eigenvalue weighted by Gasteiger charge is -2.07. The van der Waals surface area contributed by atoms with Gasteiger partial charge in [-0.2, -0.15) is 4.98 Å². The van der Waals surface area contributed by atoms with Gasteiger partial charge in [-0.25, -0.2) is 4.98 Å². The molecule has 0 aliphatic heterocycles. The van der Waals surface area contributed by atoms with Crippen molar-refractivity contribution in [2.45, 2.75) is 19.3 Å². The lowest BCUT2D eigenvalue weighted by atomic mass is 10.4. The molecule has 0 amide bonds. The minimum Gasteiger partial charge on any atom is -0.480 e. The normalized spacial score (nSPS) is 14.6. The number of rotatable bonds is 8. The molecule has 100 valence electrons. The van der Waals surface area contributed by atoms with E-state index >= 15 is 0 Å². The summed E-state index contributed by atoms with van der Waals surface area (Å²) in [4.78, 5) is 8.37. The second-order valence-corrected chi connectivity index (χ2v) is 5.20. The molecule has 1 aromatic rings. The number of methoxy groups -OCH3 is 1. The zero-order valence-corrected chi connectivity index (χ0v) is 12.1. The van der Waals surface area contributed by atoms with Crippen LogP contribution in [0.5, 0.6) is 5.88 Å². The summed E-state index contributed by atoms with van der Waals surface area (Å²) < 4.78 is 11.4. The molecule has 0 radical (unpaired) electrons. The van der Waals surface area contributed by atoms with Crippen molar-refractivity contribution in [2.75, 3.05) is 32.2 Å². The average molecular weight is 316 g/mol. The quantitative estimate of drug-likeness (QED) is 0.747. The van der Waals surface area contributed by atoms with Crippen molar-refractivity contribution < 1.29 is 9.47 Å². The standard InChI is InChI=1S/C12H18BrN3O2/c1-17-11-10(13)7-15-12(16-11)14-5-2-6-18-8-9-3-4-9/h7,9H,2-6,8H2,1H3,(H,14,15,16). The van der Waals surface area contributed by atoms with Crippen LogP contribution >= 0.6 is 15.9 Å². The predicted molar refractivity (Wildman–Crippen MR) is 72.9 cm³/mol. The molecular weight excluding hydrogens is 298 g/mol. The molecule has 6 heteroatoms. The van der Waals surface area contributed by atoms with Gasteiger partial charge in [0.15, 0.2) is 0 Å². The second kappa shape index (κ2) is 6.89. The van der Waals surface area contributed by atoms with Crippen molar-refractivity contribution in [3.63, 3.8) is 0 Å². The van der Waals surface area contributed by atoms with Gasteiger partial charge in [0, 0.05) is 19.8 Å². The van der Waals surface area contributed by atoms with Crippen molar-refractivity contribution in [2.24, 2.45) is 5.92 Å². The molecule has 0 spiro atoms. The number of hydrogen-bond donors (Lipinski definition) is 1. The van der Waals surface area contributed by atoms with Crippen molar-refractivity contribution in [3.05, 3.63) is 10.7 Å². The Morgan fingerprint density at radius 3 is 3.06 bits per heavy atom. The topological polar surface area (TPSA) is 56.3 Å². The highest BCUT2D eigenvalue weighted by Crippen LogP contribution is 2.28. The van der Waals surface area contributed by atoms with E-state index in [9.17, 15) is 0 Å². The minimum atomic E-state index is 0.539. The number of halogens is 1. The summed E-state index contributed by atoms with van der Waals surface area (Å²) in [6.45, 7) is 2.51. The van der Waals surface area contributed by atoms with Crippen LogP contribution in [0.15, 0.2) is 10.7 Å². The lowest BCUT2D eigenvalue weighted by molar-refractivity contribution is 0.124. The van der Waals surface area contributed by atoms with Gasteiger partial charge in [0.2, 0.25) is 11.8 Å². The third-order valence-electron chi connectivity index (χ3n) is 2.70. The van der Waals surface area contributed by atoms with Crippen LogP contribution in [-0.4, -0.2) is 36.8 Å². The number of aromatic nitrogens is 2. The lowest BCUT2D eigenvalue weighted by Crippen LogP contribution is -2.09. The first-order valence-corrected chi connectivity index (χ1v) is 6.97. The second-order valence-electron chi connectivity index (χ2n) is 4.35. The van der Waals surface area contributed by atoms with Crippen LogP contribution in [0.1, 0.15) is 19.3 Å². The molecule has 0 bridgehead atoms. The molecule has 0 atom stereocenters. The van der Waals surface area contributed by atoms with E-state index in [1.54, 1.807) is 13.3 Å². The predicted octanol–water partition coefficient (Wildman–Crippen LogP) is 2.48. The molecule has 1 aliphatic rings. The summed E-state index contributed by atoms with van der Waals surface area (Å²) >= 11 is 3.31. The maximum atomic E-state index is 5.55. The smallest absolute Gasteiger partial charge is 0.232 e. The number of ether oxygens (including phenoxy) is 2. The van der Waals surface area contributed by atoms with Crippen molar-refractivity contribution in [1.29, 1.82) is 0 Å². The van der Waals surface area contributed by atoms with Crippen LogP contribution in [0.3, 0.4) is 0 Å². The largest absolute Gasteiger partial charge is 0.480 e. The fourth-order valence-corrected chi connectivity index (χ4v) is 1.84. The molecule has 18 heavy (non-hydrogen) atoms. The molecule has 1 N–H and O–H groups in total.